The molecule has 69 heavy (non-hydrogen) atoms. The molecule has 0 aliphatic rings. The number of hydrogen-bond acceptors (Lipinski definition) is 13. The molecule has 22 N–H and O–H groups in total. The van der Waals surface area contributed by atoms with Crippen LogP contribution in [0, 0.1) is 5.92 Å². The van der Waals surface area contributed by atoms with Gasteiger partial charge in [-0.3, -0.25) is 48.3 Å². The maximum absolute atomic E-state index is 14.1. The van der Waals surface area contributed by atoms with Crippen LogP contribution in [0.15, 0.2) is 40.4 Å². The second-order valence-electron chi connectivity index (χ2n) is 16.7. The second-order valence-corrected chi connectivity index (χ2v) is 16.7. The van der Waals surface area contributed by atoms with Crippen LogP contribution in [-0.2, 0) is 49.6 Å². The van der Waals surface area contributed by atoms with Crippen molar-refractivity contribution >= 4 is 76.1 Å². The van der Waals surface area contributed by atoms with E-state index in [1.165, 1.54) is 0 Å². The average Bonchev–Trinajstić information content (AvgIpc) is 3.67. The second kappa shape index (κ2) is 28.6. The SMILES string of the molecule is CC(C)C[C@H](NC(=O)[C@H](CCCN=C(N)N)NC(=O)[C@@H](NC(=O)[C@H](CC(=O)O)NC(=O)[C@H](CCC(N)=O)NC(=O)[C@H](Cc1c[nH]c2ccccc12)NC(=O)[C@@H](N)CCCN=C(N)N)[C@@H](C)O)C(=O)O. The molecule has 8 atom stereocenters. The first-order valence-electron chi connectivity index (χ1n) is 22.0. The van der Waals surface area contributed by atoms with Gasteiger partial charge in [0.05, 0.1) is 18.6 Å². The fourth-order valence-corrected chi connectivity index (χ4v) is 6.80. The molecule has 1 aromatic heterocycles. The largest absolute Gasteiger partial charge is 0.481 e. The standard InChI is InChI=1S/C42H67N15O12/c1-20(2)16-30(40(68)69)56-35(63)26(11-7-15-50-42(47)48)53-39(67)33(21(3)58)57-38(66)29(18-32(60)61)55-36(64)27(12-13-31(44)59)52-37(65)28(17-22-19-51-25-10-5-4-8-23(22)25)54-34(62)24(43)9-6-14-49-41(45)46/h4-5,8,10,19-21,24,26-30,33,51,58H,6-7,9,11-18,43H2,1-3H3,(H2,44,59)(H,52,65)(H,53,67)(H,54,62)(H,55,64)(H,56,63)(H,57,66)(H,60,61)(H,68,69)(H4,45,46,49)(H4,47,48,50)/t21-,24+,26+,27+,28+,29+,30+,33+/m1/s1. The number of nitrogens with zero attached hydrogens (tertiary/aromatic N) is 2. The lowest BCUT2D eigenvalue weighted by Crippen LogP contribution is -2.62. The van der Waals surface area contributed by atoms with E-state index in [2.05, 4.69) is 46.9 Å². The van der Waals surface area contributed by atoms with Gasteiger partial charge in [-0.2, -0.15) is 0 Å². The number of para-hydroxylation sites is 1. The lowest BCUT2D eigenvalue weighted by atomic mass is 10.0. The van der Waals surface area contributed by atoms with Gasteiger partial charge in [0.25, 0.3) is 0 Å². The quantitative estimate of drug-likeness (QED) is 0.0192. The third-order valence-electron chi connectivity index (χ3n) is 10.3. The number of carbonyl (C=O) groups excluding carboxylic acids is 7. The van der Waals surface area contributed by atoms with E-state index in [4.69, 9.17) is 34.4 Å². The van der Waals surface area contributed by atoms with Crippen LogP contribution >= 0.6 is 0 Å². The van der Waals surface area contributed by atoms with Gasteiger partial charge in [0.15, 0.2) is 11.9 Å². The topological polar surface area (TPSA) is 483 Å². The van der Waals surface area contributed by atoms with Crippen molar-refractivity contribution < 1.29 is 58.5 Å². The lowest BCUT2D eigenvalue weighted by Gasteiger charge is -2.28. The molecule has 0 unspecified atom stereocenters. The molecule has 0 fully saturated rings. The molecule has 27 nitrogen and oxygen atoms in total. The molecule has 1 heterocycles. The first kappa shape index (κ1) is 57.6. The average molecular weight is 974 g/mol. The normalized spacial score (nSPS) is 14.5. The monoisotopic (exact) mass is 974 g/mol. The number of aliphatic imine (C=N–C) groups is 2. The number of nitrogens with one attached hydrogen (secondary N) is 7. The van der Waals surface area contributed by atoms with Gasteiger partial charge in [0.2, 0.25) is 41.4 Å². The Morgan fingerprint density at radius 3 is 1.70 bits per heavy atom. The Kier molecular flexibility index (Phi) is 23.9. The van der Waals surface area contributed by atoms with E-state index in [1.807, 2.05) is 0 Å². The molecule has 0 radical (unpaired) electrons. The molecule has 0 aliphatic heterocycles. The number of primary amides is 1. The van der Waals surface area contributed by atoms with Crippen molar-refractivity contribution in [2.75, 3.05) is 13.1 Å². The highest BCUT2D eigenvalue weighted by molar-refractivity contribution is 5.98. The summed E-state index contributed by atoms with van der Waals surface area (Å²) >= 11 is 0. The highest BCUT2D eigenvalue weighted by Gasteiger charge is 2.36. The zero-order valence-corrected chi connectivity index (χ0v) is 38.7. The summed E-state index contributed by atoms with van der Waals surface area (Å²) in [5, 5.41) is 45.0. The summed E-state index contributed by atoms with van der Waals surface area (Å²) < 4.78 is 0. The minimum absolute atomic E-state index is 0.000691. The Balaban J connectivity index is 2.42. The number of carboxylic acids is 2. The number of guanidine groups is 2. The van der Waals surface area contributed by atoms with Crippen molar-refractivity contribution in [1.29, 1.82) is 0 Å². The first-order valence-corrected chi connectivity index (χ1v) is 22.0. The number of amides is 7. The molecule has 0 bridgehead atoms. The Labute approximate surface area is 397 Å². The number of aliphatic hydroxyl groups is 1. The highest BCUT2D eigenvalue weighted by Crippen LogP contribution is 2.20. The van der Waals surface area contributed by atoms with Crippen LogP contribution in [-0.4, -0.2) is 147 Å². The minimum atomic E-state index is -2.00. The van der Waals surface area contributed by atoms with E-state index >= 15 is 0 Å². The molecular weight excluding hydrogens is 907 g/mol. The van der Waals surface area contributed by atoms with Gasteiger partial charge < -0.3 is 86.6 Å². The number of benzene rings is 1. The maximum atomic E-state index is 14.1. The van der Waals surface area contributed by atoms with Crippen molar-refractivity contribution in [1.82, 2.24) is 36.9 Å². The number of carboxylic acid groups (broad SMARTS) is 2. The predicted octanol–water partition coefficient (Wildman–Crippen LogP) is -4.69. The van der Waals surface area contributed by atoms with E-state index in [9.17, 15) is 58.5 Å². The van der Waals surface area contributed by atoms with Gasteiger partial charge in [-0.05, 0) is 63.0 Å². The number of carbonyl (C=O) groups is 9. The number of aliphatic hydroxyl groups excluding tert-OH is 1. The van der Waals surface area contributed by atoms with Gasteiger partial charge >= 0.3 is 11.9 Å². The van der Waals surface area contributed by atoms with Crippen LogP contribution in [0.5, 0.6) is 0 Å². The zero-order chi connectivity index (χ0) is 52.0. The number of aliphatic carboxylic acids is 2. The summed E-state index contributed by atoms with van der Waals surface area (Å²) in [5.74, 6) is -10.7. The lowest BCUT2D eigenvalue weighted by molar-refractivity contribution is -0.143. The van der Waals surface area contributed by atoms with Crippen molar-refractivity contribution in [2.24, 2.45) is 50.3 Å². The predicted molar refractivity (Wildman–Crippen MR) is 251 cm³/mol. The fraction of sp³-hybridized carbons (Fsp3) is 0.548. The molecule has 7 amide bonds. The van der Waals surface area contributed by atoms with Crippen LogP contribution < -0.4 is 66.3 Å². The Bertz CT molecular complexity index is 2170. The molecule has 2 rings (SSSR count). The van der Waals surface area contributed by atoms with Crippen molar-refractivity contribution in [3.05, 3.63) is 36.0 Å². The molecule has 1 aromatic carbocycles. The smallest absolute Gasteiger partial charge is 0.326 e. The summed E-state index contributed by atoms with van der Waals surface area (Å²) in [6, 6.07) is -3.85. The van der Waals surface area contributed by atoms with Gasteiger partial charge in [-0.15, -0.1) is 0 Å². The first-order chi connectivity index (χ1) is 32.4. The van der Waals surface area contributed by atoms with Gasteiger partial charge in [-0.1, -0.05) is 32.0 Å². The molecule has 0 saturated heterocycles. The number of H-pyrrole nitrogens is 1. The third-order valence-corrected chi connectivity index (χ3v) is 10.3. The van der Waals surface area contributed by atoms with Crippen LogP contribution in [0.25, 0.3) is 10.9 Å². The molecule has 382 valence electrons. The summed E-state index contributed by atoms with van der Waals surface area (Å²) in [6.07, 6.45) is -1.93. The number of fused-ring (bicyclic) bond motifs is 1. The van der Waals surface area contributed by atoms with Crippen LogP contribution in [0.4, 0.5) is 0 Å². The third kappa shape index (κ3) is 20.9. The summed E-state index contributed by atoms with van der Waals surface area (Å²) in [7, 11) is 0. The summed E-state index contributed by atoms with van der Waals surface area (Å²) in [5.41, 5.74) is 34.3. The minimum Gasteiger partial charge on any atom is -0.481 e. The van der Waals surface area contributed by atoms with Crippen molar-refractivity contribution in [3.8, 4) is 0 Å². The molecule has 27 heteroatoms. The van der Waals surface area contributed by atoms with Crippen molar-refractivity contribution in [2.45, 2.75) is 127 Å². The van der Waals surface area contributed by atoms with Crippen molar-refractivity contribution in [3.63, 3.8) is 0 Å². The molecule has 0 spiro atoms. The Hall–Kier alpha value is -7.55. The maximum Gasteiger partial charge on any atom is 0.326 e. The van der Waals surface area contributed by atoms with E-state index in [0.29, 0.717) is 22.9 Å². The van der Waals surface area contributed by atoms with Gasteiger partial charge in [0.1, 0.15) is 36.3 Å². The number of aromatic nitrogens is 1. The van der Waals surface area contributed by atoms with Gasteiger partial charge in [0, 0.05) is 43.0 Å². The van der Waals surface area contributed by atoms with Crippen LogP contribution in [0.2, 0.25) is 0 Å². The van der Waals surface area contributed by atoms with E-state index in [1.54, 1.807) is 44.3 Å². The summed E-state index contributed by atoms with van der Waals surface area (Å²) in [6.45, 7) is 4.72. The number of nitrogens with two attached hydrogens (primary N) is 6. The fourth-order valence-electron chi connectivity index (χ4n) is 6.80. The summed E-state index contributed by atoms with van der Waals surface area (Å²) in [4.78, 5) is 129. The molecule has 0 saturated carbocycles. The van der Waals surface area contributed by atoms with Gasteiger partial charge in [-0.25, -0.2) is 4.79 Å². The van der Waals surface area contributed by atoms with E-state index in [0.717, 1.165) is 6.92 Å². The van der Waals surface area contributed by atoms with Crippen LogP contribution in [0.3, 0.4) is 0 Å². The Morgan fingerprint density at radius 1 is 0.638 bits per heavy atom. The highest BCUT2D eigenvalue weighted by atomic mass is 16.4. The molecular formula is C42H67N15O12. The number of rotatable bonds is 31. The zero-order valence-electron chi connectivity index (χ0n) is 38.7. The number of aromatic amines is 1. The Morgan fingerprint density at radius 2 is 1.14 bits per heavy atom. The van der Waals surface area contributed by atoms with E-state index in [-0.39, 0.29) is 63.0 Å². The molecule has 2 aromatic rings. The number of hydrogen-bond donors (Lipinski definition) is 16. The van der Waals surface area contributed by atoms with Crippen LogP contribution in [0.1, 0.15) is 77.7 Å². The van der Waals surface area contributed by atoms with E-state index < -0.39 is 121 Å². The molecule has 0 aliphatic carbocycles.